The summed E-state index contributed by atoms with van der Waals surface area (Å²) >= 11 is 0. The molecule has 290 valence electrons. The lowest BCUT2D eigenvalue weighted by Gasteiger charge is -2.36. The van der Waals surface area contributed by atoms with Gasteiger partial charge in [0.05, 0.1) is 15.1 Å². The van der Waals surface area contributed by atoms with E-state index in [2.05, 4.69) is 36.4 Å². The molecule has 0 amide bonds. The summed E-state index contributed by atoms with van der Waals surface area (Å²) in [5.41, 5.74) is -3.22. The molecule has 2 fully saturated rings. The van der Waals surface area contributed by atoms with Crippen LogP contribution in [0.5, 0.6) is 0 Å². The van der Waals surface area contributed by atoms with E-state index in [1.54, 1.807) is 18.2 Å². The summed E-state index contributed by atoms with van der Waals surface area (Å²) in [5.74, 6) is 0.868. The van der Waals surface area contributed by atoms with Gasteiger partial charge in [-0.1, -0.05) is 178 Å². The standard InChI is InChI=1S/C57H47N3/c1-4-16-38(17-5-1)53-58-54(60-55(59-53)44-27-29-48-46-23-7-9-25-50(46)57(52(48)37-44)32-12-3-13-33-57)43-21-15-20-41(35-43)39-18-14-19-40(34-39)42-26-28-47-45-22-6-8-24-49(45)56(51(47)36-42)30-10-2-11-31-56/h1,4-9,14-29,34-37H,2-3,10-13,30-33H2/i2D2,6D,8D,10D2,11D2,14D,18D,19D,22D,24D,26D,28D,30D2,31D2,34D,36D. The number of aromatic nitrogens is 3. The van der Waals surface area contributed by atoms with Gasteiger partial charge in [-0.3, -0.25) is 0 Å². The smallest absolute Gasteiger partial charge is 0.164 e. The lowest BCUT2D eigenvalue weighted by Crippen LogP contribution is -2.28. The van der Waals surface area contributed by atoms with Gasteiger partial charge in [0.25, 0.3) is 0 Å². The van der Waals surface area contributed by atoms with Crippen LogP contribution in [0.25, 0.3) is 78.7 Å². The van der Waals surface area contributed by atoms with Crippen molar-refractivity contribution in [1.82, 2.24) is 15.0 Å². The highest BCUT2D eigenvalue weighted by Crippen LogP contribution is 2.57. The summed E-state index contributed by atoms with van der Waals surface area (Å²) in [4.78, 5) is 15.0. The molecule has 0 bridgehead atoms. The molecule has 0 radical (unpaired) electrons. The van der Waals surface area contributed by atoms with Gasteiger partial charge in [0.1, 0.15) is 0 Å². The van der Waals surface area contributed by atoms with Crippen LogP contribution < -0.4 is 0 Å². The van der Waals surface area contributed by atoms with E-state index in [9.17, 15) is 13.7 Å². The largest absolute Gasteiger partial charge is 0.208 e. The summed E-state index contributed by atoms with van der Waals surface area (Å²) in [7, 11) is 0. The minimum absolute atomic E-state index is 0.0800. The third kappa shape index (κ3) is 5.59. The minimum Gasteiger partial charge on any atom is -0.208 e. The fourth-order valence-electron chi connectivity index (χ4n) is 9.53. The highest BCUT2D eigenvalue weighted by molar-refractivity contribution is 5.86. The molecule has 1 heterocycles. The lowest BCUT2D eigenvalue weighted by molar-refractivity contribution is 0.353. The molecule has 60 heavy (non-hydrogen) atoms. The van der Waals surface area contributed by atoms with E-state index >= 15 is 0 Å². The molecule has 2 spiro atoms. The molecule has 2 saturated carbocycles. The van der Waals surface area contributed by atoms with Gasteiger partial charge in [0, 0.05) is 41.2 Å². The van der Waals surface area contributed by atoms with Crippen LogP contribution in [-0.4, -0.2) is 15.0 Å². The molecule has 8 aromatic rings. The fourth-order valence-corrected chi connectivity index (χ4v) is 9.53. The Morgan fingerprint density at radius 3 is 1.88 bits per heavy atom. The molecule has 0 unspecified atom stereocenters. The predicted molar refractivity (Wildman–Crippen MR) is 246 cm³/mol. The zero-order valence-corrected chi connectivity index (χ0v) is 32.1. The zero-order chi connectivity index (χ0) is 58.2. The minimum atomic E-state index is -4.11. The summed E-state index contributed by atoms with van der Waals surface area (Å²) < 4.78 is 194. The van der Waals surface area contributed by atoms with Crippen molar-refractivity contribution in [3.8, 4) is 78.7 Å². The first-order valence-electron chi connectivity index (χ1n) is 30.6. The Bertz CT molecular complexity index is 4030. The summed E-state index contributed by atoms with van der Waals surface area (Å²) in [6.07, 6.45) is -15.1. The van der Waals surface area contributed by atoms with Crippen LogP contribution in [0.1, 0.15) is 115 Å². The molecule has 7 aromatic carbocycles. The first kappa shape index (κ1) is 20.2. The second-order valence-electron chi connectivity index (χ2n) is 15.6. The highest BCUT2D eigenvalue weighted by atomic mass is 15.0. The van der Waals surface area contributed by atoms with Crippen molar-refractivity contribution in [2.75, 3.05) is 0 Å². The van der Waals surface area contributed by atoms with E-state index < -0.39 is 137 Å². The van der Waals surface area contributed by atoms with E-state index in [-0.39, 0.29) is 22.4 Å². The Labute approximate surface area is 382 Å². The van der Waals surface area contributed by atoms with Gasteiger partial charge in [-0.15, -0.1) is 0 Å². The van der Waals surface area contributed by atoms with Crippen molar-refractivity contribution < 1.29 is 28.8 Å². The van der Waals surface area contributed by atoms with Crippen LogP contribution in [0.4, 0.5) is 0 Å². The highest BCUT2D eigenvalue weighted by Gasteiger charge is 2.45. The molecule has 4 aliphatic carbocycles. The van der Waals surface area contributed by atoms with E-state index in [1.165, 1.54) is 22.8 Å². The third-order valence-electron chi connectivity index (χ3n) is 12.3. The molecule has 4 aliphatic rings. The number of hydrogen-bond acceptors (Lipinski definition) is 3. The second kappa shape index (κ2) is 14.1. The Balaban J connectivity index is 1.07. The van der Waals surface area contributed by atoms with Gasteiger partial charge in [0.2, 0.25) is 0 Å². The molecule has 0 aliphatic heterocycles. The number of nitrogens with zero attached hydrogens (tertiary/aromatic N) is 3. The zero-order valence-electron chi connectivity index (χ0n) is 53.1. The predicted octanol–water partition coefficient (Wildman–Crippen LogP) is 14.7. The SMILES string of the molecule is [2H]c1c([2H])c(-c2cccc(-c3nc(-c4ccccc4)nc(-c4ccc5c(c4)C4(CCCCC4)c4ccccc4-5)n3)c2)c([2H])c(-c2c([2H])c([2H])c3c(c2[2H])C2(c4c([2H])c([2H])c([2H])c([2H])c4-3)C([2H])([2H])C([2H])([2H])C([2H])([2H])C([2H])([2H])C2([2H])[2H])c1[2H]. The third-order valence-corrected chi connectivity index (χ3v) is 12.3. The molecule has 12 rings (SSSR count). The first-order valence-corrected chi connectivity index (χ1v) is 20.1. The van der Waals surface area contributed by atoms with E-state index in [1.807, 2.05) is 36.4 Å². The fraction of sp³-hybridized carbons (Fsp3) is 0.211. The normalized spacial score (nSPS) is 25.8. The summed E-state index contributed by atoms with van der Waals surface area (Å²) in [6, 6.07) is 19.5. The summed E-state index contributed by atoms with van der Waals surface area (Å²) in [5, 5.41) is 0. The van der Waals surface area contributed by atoms with Crippen LogP contribution in [-0.2, 0) is 10.8 Å². The van der Waals surface area contributed by atoms with Crippen LogP contribution in [0.15, 0.2) is 164 Å². The number of benzene rings is 7. The Morgan fingerprint density at radius 2 is 1.05 bits per heavy atom. The van der Waals surface area contributed by atoms with Crippen molar-refractivity contribution in [3.63, 3.8) is 0 Å². The monoisotopic (exact) mass is 795 g/mol. The van der Waals surface area contributed by atoms with Gasteiger partial charge in [-0.2, -0.15) is 0 Å². The van der Waals surface area contributed by atoms with Gasteiger partial charge < -0.3 is 0 Å². The van der Waals surface area contributed by atoms with Crippen LogP contribution in [0.3, 0.4) is 0 Å². The van der Waals surface area contributed by atoms with Crippen molar-refractivity contribution >= 4 is 0 Å². The van der Waals surface area contributed by atoms with Crippen molar-refractivity contribution in [2.45, 2.75) is 74.8 Å². The Hall–Kier alpha value is -6.45. The molecule has 0 saturated heterocycles. The second-order valence-corrected chi connectivity index (χ2v) is 15.6. The lowest BCUT2D eigenvalue weighted by atomic mass is 9.67. The average molecular weight is 795 g/mol. The Kier molecular flexibility index (Phi) is 4.75. The number of hydrogen-bond donors (Lipinski definition) is 0. The molecule has 0 atom stereocenters. The quantitative estimate of drug-likeness (QED) is 0.174. The maximum Gasteiger partial charge on any atom is 0.164 e. The van der Waals surface area contributed by atoms with Crippen LogP contribution in [0, 0.1) is 0 Å². The van der Waals surface area contributed by atoms with Gasteiger partial charge in [-0.05, 0) is 117 Å². The van der Waals surface area contributed by atoms with E-state index in [0.717, 1.165) is 43.2 Å². The van der Waals surface area contributed by atoms with E-state index in [0.29, 0.717) is 22.8 Å². The molecular weight excluding hydrogens is 727 g/mol. The molecule has 3 nitrogen and oxygen atoms in total. The molecule has 0 N–H and O–H groups in total. The van der Waals surface area contributed by atoms with E-state index in [4.69, 9.17) is 30.0 Å². The number of fused-ring (bicyclic) bond motifs is 10. The van der Waals surface area contributed by atoms with Crippen molar-refractivity contribution in [1.29, 1.82) is 0 Å². The molecule has 1 aromatic heterocycles. The maximum absolute atomic E-state index is 9.96. The van der Waals surface area contributed by atoms with Gasteiger partial charge >= 0.3 is 0 Å². The maximum atomic E-state index is 9.96. The van der Waals surface area contributed by atoms with Crippen molar-refractivity contribution in [3.05, 3.63) is 186 Å². The van der Waals surface area contributed by atoms with Gasteiger partial charge in [0.15, 0.2) is 17.5 Å². The summed E-state index contributed by atoms with van der Waals surface area (Å²) in [6.45, 7) is 0. The van der Waals surface area contributed by atoms with Crippen LogP contribution in [0.2, 0.25) is 0 Å². The molecule has 3 heteroatoms. The Morgan fingerprint density at radius 1 is 0.400 bits per heavy atom. The van der Waals surface area contributed by atoms with Gasteiger partial charge in [-0.25, -0.2) is 15.0 Å². The molecular formula is C57H47N3. The average Bonchev–Trinajstić information content (AvgIpc) is 1.99. The first-order chi connectivity index (χ1) is 38.1. The number of rotatable bonds is 5. The van der Waals surface area contributed by atoms with Crippen molar-refractivity contribution in [2.24, 2.45) is 0 Å². The van der Waals surface area contributed by atoms with Crippen LogP contribution >= 0.6 is 0 Å². The topological polar surface area (TPSA) is 38.7 Å².